The lowest BCUT2D eigenvalue weighted by Crippen LogP contribution is -2.85. The molecule has 4 heteroatoms. The number of hydrogen-bond acceptors (Lipinski definition) is 3. The van der Waals surface area contributed by atoms with Crippen LogP contribution in [0.5, 0.6) is 0 Å². The summed E-state index contributed by atoms with van der Waals surface area (Å²) in [4.78, 5) is 0. The van der Waals surface area contributed by atoms with E-state index in [0.717, 1.165) is 5.69 Å². The number of quaternary nitrogens is 1. The van der Waals surface area contributed by atoms with E-state index in [9.17, 15) is 0 Å². The highest BCUT2D eigenvalue weighted by Gasteiger charge is 1.84. The molecule has 0 atom stereocenters. The first-order valence-corrected chi connectivity index (χ1v) is 3.37. The van der Waals surface area contributed by atoms with Gasteiger partial charge in [-0.15, -0.1) is 0 Å². The lowest BCUT2D eigenvalue weighted by Gasteiger charge is -1.87. The third kappa shape index (κ3) is 5.30. The van der Waals surface area contributed by atoms with E-state index in [0.29, 0.717) is 0 Å². The van der Waals surface area contributed by atoms with Crippen molar-refractivity contribution >= 4 is 18.3 Å². The molecule has 0 aliphatic rings. The second-order valence-corrected chi connectivity index (χ2v) is 1.85. The van der Waals surface area contributed by atoms with Crippen molar-refractivity contribution in [3.8, 4) is 5.40 Å². The predicted octanol–water partition coefficient (Wildman–Crippen LogP) is -0.230. The Balaban J connectivity index is 0.000000292. The average molecular weight is 167 g/mol. The molecule has 0 amide bonds. The number of nitrogens with two attached hydrogens (primary N) is 2. The summed E-state index contributed by atoms with van der Waals surface area (Å²) in [6.07, 6.45) is 0. The second kappa shape index (κ2) is 6.96. The van der Waals surface area contributed by atoms with Gasteiger partial charge in [0.05, 0.1) is 0 Å². The largest absolute Gasteiger partial charge is 0.696 e. The first-order valence-electron chi connectivity index (χ1n) is 2.96. The van der Waals surface area contributed by atoms with Crippen LogP contribution in [0.1, 0.15) is 0 Å². The van der Waals surface area contributed by atoms with Crippen LogP contribution in [-0.2, 0) is 12.6 Å². The molecule has 1 rings (SSSR count). The molecule has 0 spiro atoms. The molecule has 0 heterocycles. The van der Waals surface area contributed by atoms with Crippen molar-refractivity contribution < 1.29 is 5.43 Å². The van der Waals surface area contributed by atoms with Crippen LogP contribution >= 0.6 is 0 Å². The van der Waals surface area contributed by atoms with Gasteiger partial charge >= 0.3 is 0 Å². The summed E-state index contributed by atoms with van der Waals surface area (Å²) < 4.78 is 0. The van der Waals surface area contributed by atoms with Gasteiger partial charge in [-0.3, -0.25) is 0 Å². The molecular weight excluding hydrogens is 158 g/mol. The van der Waals surface area contributed by atoms with Gasteiger partial charge < -0.3 is 12.6 Å². The minimum atomic E-state index is 1.06. The van der Waals surface area contributed by atoms with E-state index in [-0.39, 0.29) is 0 Å². The van der Waals surface area contributed by atoms with E-state index in [1.54, 1.807) is 5.43 Å². The molecule has 0 aromatic heterocycles. The lowest BCUT2D eigenvalue weighted by atomic mass is 10.3. The fourth-order valence-corrected chi connectivity index (χ4v) is 0.564. The topological polar surface area (TPSA) is 66.4 Å². The Morgan fingerprint density at radius 3 is 2.09 bits per heavy atom. The molecular formula is C7H9N3S. The van der Waals surface area contributed by atoms with Crippen LogP contribution in [0.4, 0.5) is 5.69 Å². The molecule has 0 radical (unpaired) electrons. The third-order valence-electron chi connectivity index (χ3n) is 0.992. The van der Waals surface area contributed by atoms with Crippen LogP contribution in [0.3, 0.4) is 0 Å². The normalized spacial score (nSPS) is 7.27. The average Bonchev–Trinajstić information content (AvgIpc) is 2.08. The van der Waals surface area contributed by atoms with E-state index in [2.05, 4.69) is 12.6 Å². The summed E-state index contributed by atoms with van der Waals surface area (Å²) in [6, 6.07) is 9.80. The van der Waals surface area contributed by atoms with E-state index < -0.39 is 0 Å². The van der Waals surface area contributed by atoms with Crippen LogP contribution in [-0.4, -0.2) is 0 Å². The molecule has 3 nitrogen and oxygen atoms in total. The van der Waals surface area contributed by atoms with Crippen molar-refractivity contribution in [3.05, 3.63) is 30.3 Å². The maximum atomic E-state index is 7.13. The monoisotopic (exact) mass is 167 g/mol. The summed E-state index contributed by atoms with van der Waals surface area (Å²) in [5.74, 6) is 5.22. The second-order valence-electron chi connectivity index (χ2n) is 1.67. The van der Waals surface area contributed by atoms with Gasteiger partial charge in [0.25, 0.3) is 0 Å². The van der Waals surface area contributed by atoms with Crippen molar-refractivity contribution in [3.63, 3.8) is 0 Å². The maximum absolute atomic E-state index is 7.13. The van der Waals surface area contributed by atoms with Crippen LogP contribution in [0.2, 0.25) is 0 Å². The summed E-state index contributed by atoms with van der Waals surface area (Å²) in [5, 5.41) is 8.47. The zero-order valence-corrected chi connectivity index (χ0v) is 6.71. The van der Waals surface area contributed by atoms with Crippen molar-refractivity contribution in [1.82, 2.24) is 0 Å². The first-order chi connectivity index (χ1) is 5.35. The van der Waals surface area contributed by atoms with Gasteiger partial charge in [0.2, 0.25) is 0 Å². The molecule has 0 bridgehead atoms. The molecule has 1 aromatic carbocycles. The first kappa shape index (κ1) is 9.85. The van der Waals surface area contributed by atoms with Gasteiger partial charge in [-0.1, -0.05) is 23.6 Å². The summed E-state index contributed by atoms with van der Waals surface area (Å²) >= 11 is 3.70. The van der Waals surface area contributed by atoms with E-state index in [1.165, 1.54) is 5.40 Å². The zero-order valence-electron chi connectivity index (χ0n) is 5.90. The van der Waals surface area contributed by atoms with E-state index in [1.807, 2.05) is 30.3 Å². The molecule has 0 fully saturated rings. The van der Waals surface area contributed by atoms with Crippen LogP contribution in [0.25, 0.3) is 0 Å². The SMILES string of the molecule is N#C[S-].N[NH2+]c1ccccc1. The Hall–Kier alpha value is -1.15. The molecule has 0 saturated carbocycles. The molecule has 0 aliphatic heterocycles. The van der Waals surface area contributed by atoms with Gasteiger partial charge in [-0.25, -0.2) is 10.7 Å². The lowest BCUT2D eigenvalue weighted by molar-refractivity contribution is -0.584. The molecule has 4 N–H and O–H groups in total. The molecule has 0 aliphatic carbocycles. The highest BCUT2D eigenvalue weighted by molar-refractivity contribution is 7.64. The zero-order chi connectivity index (χ0) is 8.53. The quantitative estimate of drug-likeness (QED) is 0.200. The maximum Gasteiger partial charge on any atom is 0.148 e. The van der Waals surface area contributed by atoms with Crippen LogP contribution in [0, 0.1) is 10.7 Å². The number of thiocyanates is 1. The van der Waals surface area contributed by atoms with Gasteiger partial charge in [-0.2, -0.15) is 5.84 Å². The predicted molar refractivity (Wildman–Crippen MR) is 45.2 cm³/mol. The fourth-order valence-electron chi connectivity index (χ4n) is 0.564. The number of hydrogen-bond donors (Lipinski definition) is 2. The third-order valence-corrected chi connectivity index (χ3v) is 0.992. The molecule has 1 aromatic rings. The minimum absolute atomic E-state index is 1.06. The summed E-state index contributed by atoms with van der Waals surface area (Å²) in [6.45, 7) is 0. The Bertz CT molecular complexity index is 217. The van der Waals surface area contributed by atoms with Crippen molar-refractivity contribution in [2.45, 2.75) is 0 Å². The van der Waals surface area contributed by atoms with Crippen LogP contribution < -0.4 is 11.3 Å². The smallest absolute Gasteiger partial charge is 0.148 e. The summed E-state index contributed by atoms with van der Waals surface area (Å²) in [5.41, 5.74) is 2.65. The van der Waals surface area contributed by atoms with Crippen molar-refractivity contribution in [2.24, 2.45) is 5.84 Å². The van der Waals surface area contributed by atoms with Crippen molar-refractivity contribution in [1.29, 1.82) is 5.26 Å². The highest BCUT2D eigenvalue weighted by Crippen LogP contribution is 1.94. The minimum Gasteiger partial charge on any atom is -0.696 e. The van der Waals surface area contributed by atoms with Gasteiger partial charge in [-0.05, 0) is 0 Å². The van der Waals surface area contributed by atoms with Gasteiger partial charge in [0.1, 0.15) is 5.69 Å². The molecule has 0 saturated heterocycles. The standard InChI is InChI=1S/C6H8N2.CHNS/c7-8-6-4-2-1-3-5-6;2-1-3/h1-5,8H,7H2;3H. The molecule has 11 heavy (non-hydrogen) atoms. The molecule has 58 valence electrons. The Labute approximate surface area is 71.2 Å². The van der Waals surface area contributed by atoms with Gasteiger partial charge in [0, 0.05) is 12.1 Å². The Morgan fingerprint density at radius 2 is 1.82 bits per heavy atom. The Kier molecular flexibility index (Phi) is 6.24. The Morgan fingerprint density at radius 1 is 1.36 bits per heavy atom. The van der Waals surface area contributed by atoms with E-state index >= 15 is 0 Å². The number of rotatable bonds is 1. The number of benzene rings is 1. The van der Waals surface area contributed by atoms with Crippen LogP contribution in [0.15, 0.2) is 30.3 Å². The highest BCUT2D eigenvalue weighted by atomic mass is 32.1. The van der Waals surface area contributed by atoms with Gasteiger partial charge in [0.15, 0.2) is 0 Å². The number of nitriles is 1. The van der Waals surface area contributed by atoms with E-state index in [4.69, 9.17) is 11.1 Å². The number of nitrogens with zero attached hydrogens (tertiary/aromatic N) is 1. The molecule has 0 unspecified atom stereocenters. The fraction of sp³-hybridized carbons (Fsp3) is 0. The summed E-state index contributed by atoms with van der Waals surface area (Å²) in [7, 11) is 0. The van der Waals surface area contributed by atoms with Crippen molar-refractivity contribution in [2.75, 3.05) is 0 Å².